The van der Waals surface area contributed by atoms with E-state index in [0.717, 1.165) is 28.9 Å². The van der Waals surface area contributed by atoms with Crippen molar-refractivity contribution in [1.29, 1.82) is 5.26 Å². The molecule has 0 saturated heterocycles. The summed E-state index contributed by atoms with van der Waals surface area (Å²) in [6.07, 6.45) is 5.08. The number of nitriles is 1. The van der Waals surface area contributed by atoms with Crippen LogP contribution in [0.25, 0.3) is 0 Å². The van der Waals surface area contributed by atoms with E-state index in [4.69, 9.17) is 16.3 Å². The number of nitro groups is 1. The van der Waals surface area contributed by atoms with E-state index in [-0.39, 0.29) is 23.6 Å². The molecule has 1 heterocycles. The lowest BCUT2D eigenvalue weighted by atomic mass is 9.76. The minimum absolute atomic E-state index is 0.0172. The molecule has 0 aromatic heterocycles. The first kappa shape index (κ1) is 21.0. The third-order valence-electron chi connectivity index (χ3n) is 6.34. The lowest BCUT2D eigenvalue weighted by molar-refractivity contribution is -0.384. The predicted molar refractivity (Wildman–Crippen MR) is 126 cm³/mol. The molecular weight excluding hydrogens is 438 g/mol. The van der Waals surface area contributed by atoms with Gasteiger partial charge in [0.1, 0.15) is 18.4 Å². The number of allylic oxidation sites excluding steroid dienone is 2. The van der Waals surface area contributed by atoms with Crippen LogP contribution in [0.4, 0.5) is 11.4 Å². The van der Waals surface area contributed by atoms with Gasteiger partial charge in [0.25, 0.3) is 5.69 Å². The average molecular weight is 458 g/mol. The van der Waals surface area contributed by atoms with Crippen LogP contribution in [0.3, 0.4) is 0 Å². The Morgan fingerprint density at radius 2 is 1.91 bits per heavy atom. The molecule has 0 bridgehead atoms. The van der Waals surface area contributed by atoms with E-state index in [1.165, 1.54) is 6.07 Å². The smallest absolute Gasteiger partial charge is 0.271 e. The number of nitro benzene ring substituents is 1. The molecule has 3 aromatic carbocycles. The lowest BCUT2D eigenvalue weighted by Gasteiger charge is -2.37. The molecule has 1 aliphatic heterocycles. The Hall–Kier alpha value is -3.82. The second-order valence-corrected chi connectivity index (χ2v) is 8.72. The Bertz CT molecular complexity index is 1280. The highest BCUT2D eigenvalue weighted by Gasteiger charge is 2.39. The summed E-state index contributed by atoms with van der Waals surface area (Å²) >= 11 is 5.93. The van der Waals surface area contributed by atoms with Crippen LogP contribution in [-0.4, -0.2) is 4.92 Å². The maximum absolute atomic E-state index is 11.4. The van der Waals surface area contributed by atoms with Gasteiger partial charge in [-0.2, -0.15) is 5.26 Å². The van der Waals surface area contributed by atoms with Crippen LogP contribution in [0.2, 0.25) is 5.02 Å². The Labute approximate surface area is 196 Å². The lowest BCUT2D eigenvalue weighted by Crippen LogP contribution is -2.29. The monoisotopic (exact) mass is 457 g/mol. The summed E-state index contributed by atoms with van der Waals surface area (Å²) in [6.45, 7) is 0.449. The first-order valence-electron chi connectivity index (χ1n) is 10.7. The molecule has 6 nitrogen and oxygen atoms in total. The number of anilines is 1. The van der Waals surface area contributed by atoms with Crippen LogP contribution >= 0.6 is 11.6 Å². The van der Waals surface area contributed by atoms with Gasteiger partial charge in [0.15, 0.2) is 0 Å². The largest absolute Gasteiger partial charge is 0.489 e. The van der Waals surface area contributed by atoms with E-state index >= 15 is 0 Å². The number of benzene rings is 3. The van der Waals surface area contributed by atoms with Crippen molar-refractivity contribution in [2.24, 2.45) is 5.92 Å². The Kier molecular flexibility index (Phi) is 5.49. The van der Waals surface area contributed by atoms with E-state index in [2.05, 4.69) is 23.5 Å². The fourth-order valence-electron chi connectivity index (χ4n) is 4.73. The minimum Gasteiger partial charge on any atom is -0.489 e. The van der Waals surface area contributed by atoms with Crippen LogP contribution in [0.1, 0.15) is 40.6 Å². The fourth-order valence-corrected chi connectivity index (χ4v) is 4.85. The molecule has 1 N–H and O–H groups in total. The summed E-state index contributed by atoms with van der Waals surface area (Å²) in [6, 6.07) is 20.6. The van der Waals surface area contributed by atoms with Gasteiger partial charge >= 0.3 is 0 Å². The van der Waals surface area contributed by atoms with Crippen molar-refractivity contribution in [3.63, 3.8) is 0 Å². The number of non-ortho nitro benzene ring substituents is 1. The molecule has 2 aliphatic rings. The maximum Gasteiger partial charge on any atom is 0.271 e. The van der Waals surface area contributed by atoms with Crippen molar-refractivity contribution in [3.8, 4) is 11.8 Å². The summed E-state index contributed by atoms with van der Waals surface area (Å²) in [5, 5.41) is 25.2. The van der Waals surface area contributed by atoms with Crippen molar-refractivity contribution < 1.29 is 9.66 Å². The number of hydrogen-bond acceptors (Lipinski definition) is 5. The molecule has 0 radical (unpaired) electrons. The minimum atomic E-state index is -0.441. The third-order valence-corrected chi connectivity index (χ3v) is 6.59. The van der Waals surface area contributed by atoms with Crippen molar-refractivity contribution in [3.05, 3.63) is 110 Å². The van der Waals surface area contributed by atoms with Crippen molar-refractivity contribution in [2.75, 3.05) is 5.32 Å². The second kappa shape index (κ2) is 8.61. The first-order chi connectivity index (χ1) is 16.0. The standard InChI is InChI=1S/C26H20ClN3O3/c27-19-8-4-16(5-9-19)15-33-21-10-6-17(7-11-21)25-23-3-1-2-22(23)24-13-20(30(31)32)12-18(14-28)26(24)29-25/h1-2,4-13,22-23,25,29H,3,15H2/t22-,23+,25+/m1/s1. The van der Waals surface area contributed by atoms with Crippen LogP contribution in [0.15, 0.2) is 72.8 Å². The van der Waals surface area contributed by atoms with Gasteiger partial charge in [-0.25, -0.2) is 0 Å². The molecule has 3 atom stereocenters. The topological polar surface area (TPSA) is 88.2 Å². The maximum atomic E-state index is 11.4. The van der Waals surface area contributed by atoms with Gasteiger partial charge in [-0.15, -0.1) is 0 Å². The Balaban J connectivity index is 1.40. The number of rotatable bonds is 5. The number of nitrogens with one attached hydrogen (secondary N) is 1. The highest BCUT2D eigenvalue weighted by Crippen LogP contribution is 2.51. The summed E-state index contributed by atoms with van der Waals surface area (Å²) in [5.41, 5.74) is 3.87. The normalized spacial score (nSPS) is 20.3. The molecule has 5 rings (SSSR count). The summed E-state index contributed by atoms with van der Waals surface area (Å²) in [5.74, 6) is 1.00. The Morgan fingerprint density at radius 1 is 1.15 bits per heavy atom. The number of nitrogens with zero attached hydrogens (tertiary/aromatic N) is 2. The summed E-state index contributed by atoms with van der Waals surface area (Å²) in [4.78, 5) is 10.9. The molecule has 33 heavy (non-hydrogen) atoms. The summed E-state index contributed by atoms with van der Waals surface area (Å²) in [7, 11) is 0. The molecule has 164 valence electrons. The number of ether oxygens (including phenoxy) is 1. The highest BCUT2D eigenvalue weighted by atomic mass is 35.5. The molecule has 1 aliphatic carbocycles. The van der Waals surface area contributed by atoms with Crippen molar-refractivity contribution in [1.82, 2.24) is 0 Å². The van der Waals surface area contributed by atoms with Crippen molar-refractivity contribution in [2.45, 2.75) is 25.0 Å². The molecule has 0 saturated carbocycles. The zero-order valence-electron chi connectivity index (χ0n) is 17.6. The van der Waals surface area contributed by atoms with Gasteiger partial charge in [-0.1, -0.05) is 48.0 Å². The zero-order chi connectivity index (χ0) is 22.9. The van der Waals surface area contributed by atoms with Gasteiger partial charge in [-0.3, -0.25) is 10.1 Å². The quantitative estimate of drug-likeness (QED) is 0.267. The van der Waals surface area contributed by atoms with Crippen LogP contribution in [-0.2, 0) is 6.61 Å². The van der Waals surface area contributed by atoms with Crippen LogP contribution in [0, 0.1) is 27.4 Å². The molecule has 0 amide bonds. The number of halogens is 1. The van der Waals surface area contributed by atoms with Crippen LogP contribution < -0.4 is 10.1 Å². The molecular formula is C26H20ClN3O3. The SMILES string of the molecule is N#Cc1cc([N+](=O)[O-])cc2c1N[C@@H](c1ccc(OCc3ccc(Cl)cc3)cc1)[C@H]1CC=C[C@@H]21. The molecule has 0 unspecified atom stereocenters. The molecule has 0 fully saturated rings. The van der Waals surface area contributed by atoms with Gasteiger partial charge in [0.05, 0.1) is 22.2 Å². The van der Waals surface area contributed by atoms with Gasteiger partial charge < -0.3 is 10.1 Å². The van der Waals surface area contributed by atoms with Crippen molar-refractivity contribution >= 4 is 23.0 Å². The summed E-state index contributed by atoms with van der Waals surface area (Å²) < 4.78 is 5.91. The van der Waals surface area contributed by atoms with E-state index in [1.807, 2.05) is 48.5 Å². The first-order valence-corrected chi connectivity index (χ1v) is 11.0. The number of fused-ring (bicyclic) bond motifs is 3. The number of hydrogen-bond donors (Lipinski definition) is 1. The third kappa shape index (κ3) is 4.04. The van der Waals surface area contributed by atoms with Gasteiger partial charge in [0.2, 0.25) is 0 Å². The highest BCUT2D eigenvalue weighted by molar-refractivity contribution is 6.30. The second-order valence-electron chi connectivity index (χ2n) is 8.29. The van der Waals surface area contributed by atoms with E-state index in [1.54, 1.807) is 6.07 Å². The van der Waals surface area contributed by atoms with Gasteiger partial charge in [0, 0.05) is 23.1 Å². The van der Waals surface area contributed by atoms with E-state index in [9.17, 15) is 15.4 Å². The molecule has 7 heteroatoms. The molecule has 0 spiro atoms. The zero-order valence-corrected chi connectivity index (χ0v) is 18.3. The van der Waals surface area contributed by atoms with E-state index < -0.39 is 4.92 Å². The van der Waals surface area contributed by atoms with Gasteiger partial charge in [-0.05, 0) is 53.3 Å². The fraction of sp³-hybridized carbons (Fsp3) is 0.192. The van der Waals surface area contributed by atoms with E-state index in [0.29, 0.717) is 22.9 Å². The predicted octanol–water partition coefficient (Wildman–Crippen LogP) is 6.53. The molecule has 3 aromatic rings. The average Bonchev–Trinajstić information content (AvgIpc) is 3.33. The van der Waals surface area contributed by atoms with Crippen LogP contribution in [0.5, 0.6) is 5.75 Å². The Morgan fingerprint density at radius 3 is 2.61 bits per heavy atom.